The number of sulfone groups is 1. The van der Waals surface area contributed by atoms with Gasteiger partial charge in [0.15, 0.2) is 9.84 Å². The van der Waals surface area contributed by atoms with Crippen LogP contribution in [0, 0.1) is 0 Å². The summed E-state index contributed by atoms with van der Waals surface area (Å²) in [5.74, 6) is -0.285. The van der Waals surface area contributed by atoms with Gasteiger partial charge in [0, 0.05) is 6.26 Å². The molecule has 10 heteroatoms. The molecule has 0 fully saturated rings. The van der Waals surface area contributed by atoms with Crippen LogP contribution in [0.4, 0.5) is 0 Å². The molecule has 0 saturated heterocycles. The Kier molecular flexibility index (Phi) is 7.46. The van der Waals surface area contributed by atoms with E-state index in [2.05, 4.69) is 0 Å². The van der Waals surface area contributed by atoms with Gasteiger partial charge < -0.3 is 4.74 Å². The van der Waals surface area contributed by atoms with Gasteiger partial charge in [0.1, 0.15) is 11.5 Å². The summed E-state index contributed by atoms with van der Waals surface area (Å²) in [6, 6.07) is 18.6. The highest BCUT2D eigenvalue weighted by Crippen LogP contribution is 2.34. The van der Waals surface area contributed by atoms with E-state index in [-0.39, 0.29) is 27.8 Å². The number of halogens is 1. The second kappa shape index (κ2) is 9.94. The van der Waals surface area contributed by atoms with E-state index < -0.39 is 25.8 Å². The normalized spacial score (nSPS) is 11.7. The third-order valence-electron chi connectivity index (χ3n) is 4.65. The van der Waals surface area contributed by atoms with Crippen LogP contribution in [0.2, 0.25) is 5.02 Å². The standard InChI is InChI=1S/C23H22ClNO6S2/c1-3-33(29,30)25-23(26)13-16-11-18(17-7-5-4-6-8-17)14-19(12-16)31-22-10-9-20(15-21(22)24)32(2,27)28/h4-12,14-15H,3,13H2,1-2H3,(H,25,26). The van der Waals surface area contributed by atoms with E-state index in [0.717, 1.165) is 17.4 Å². The highest BCUT2D eigenvalue weighted by molar-refractivity contribution is 7.90. The summed E-state index contributed by atoms with van der Waals surface area (Å²) in [5.41, 5.74) is 2.14. The summed E-state index contributed by atoms with van der Waals surface area (Å²) >= 11 is 6.23. The molecule has 0 aliphatic rings. The van der Waals surface area contributed by atoms with Crippen molar-refractivity contribution in [3.8, 4) is 22.6 Å². The Morgan fingerprint density at radius 2 is 1.64 bits per heavy atom. The number of amides is 1. The molecule has 0 bridgehead atoms. The van der Waals surface area contributed by atoms with Gasteiger partial charge in [-0.2, -0.15) is 0 Å². The fourth-order valence-corrected chi connectivity index (χ4v) is 4.50. The van der Waals surface area contributed by atoms with Crippen molar-refractivity contribution < 1.29 is 26.4 Å². The number of nitrogens with one attached hydrogen (secondary N) is 1. The minimum Gasteiger partial charge on any atom is -0.456 e. The molecule has 0 atom stereocenters. The average molecular weight is 508 g/mol. The second-order valence-electron chi connectivity index (χ2n) is 7.30. The molecule has 0 unspecified atom stereocenters. The predicted octanol–water partition coefficient (Wildman–Crippen LogP) is 4.21. The fourth-order valence-electron chi connectivity index (χ4n) is 3.01. The van der Waals surface area contributed by atoms with E-state index in [1.165, 1.54) is 25.1 Å². The molecule has 3 rings (SSSR count). The minimum atomic E-state index is -3.68. The van der Waals surface area contributed by atoms with Gasteiger partial charge in [0.05, 0.1) is 22.1 Å². The van der Waals surface area contributed by atoms with Crippen LogP contribution in [0.15, 0.2) is 71.6 Å². The number of hydrogen-bond donors (Lipinski definition) is 1. The summed E-state index contributed by atoms with van der Waals surface area (Å²) in [4.78, 5) is 12.3. The maximum atomic E-state index is 12.3. The number of hydrogen-bond acceptors (Lipinski definition) is 6. The maximum Gasteiger partial charge on any atom is 0.237 e. The zero-order chi connectivity index (χ0) is 24.2. The smallest absolute Gasteiger partial charge is 0.237 e. The molecule has 33 heavy (non-hydrogen) atoms. The summed E-state index contributed by atoms with van der Waals surface area (Å²) in [5, 5.41) is 0.108. The predicted molar refractivity (Wildman–Crippen MR) is 128 cm³/mol. The van der Waals surface area contributed by atoms with E-state index in [0.29, 0.717) is 11.3 Å². The van der Waals surface area contributed by atoms with Gasteiger partial charge in [-0.15, -0.1) is 0 Å². The van der Waals surface area contributed by atoms with Crippen LogP contribution >= 0.6 is 11.6 Å². The molecule has 0 aliphatic heterocycles. The van der Waals surface area contributed by atoms with Crippen molar-refractivity contribution >= 4 is 37.4 Å². The van der Waals surface area contributed by atoms with Gasteiger partial charge in [-0.25, -0.2) is 16.8 Å². The van der Waals surface area contributed by atoms with Crippen molar-refractivity contribution in [1.29, 1.82) is 0 Å². The van der Waals surface area contributed by atoms with E-state index in [1.54, 1.807) is 18.2 Å². The maximum absolute atomic E-state index is 12.3. The van der Waals surface area contributed by atoms with Gasteiger partial charge in [-0.3, -0.25) is 9.52 Å². The molecular formula is C23H22ClNO6S2. The van der Waals surface area contributed by atoms with E-state index in [4.69, 9.17) is 16.3 Å². The van der Waals surface area contributed by atoms with Gasteiger partial charge in [0.2, 0.25) is 15.9 Å². The molecule has 1 amide bonds. The SMILES string of the molecule is CCS(=O)(=O)NC(=O)Cc1cc(Oc2ccc(S(C)(=O)=O)cc2Cl)cc(-c2ccccc2)c1. The summed E-state index contributed by atoms with van der Waals surface area (Å²) in [7, 11) is -7.11. The summed E-state index contributed by atoms with van der Waals surface area (Å²) < 4.78 is 54.9. The fraction of sp³-hybridized carbons (Fsp3) is 0.174. The van der Waals surface area contributed by atoms with Crippen LogP contribution in [-0.2, 0) is 31.1 Å². The first kappa shape index (κ1) is 24.8. The Balaban J connectivity index is 1.97. The zero-order valence-corrected chi connectivity index (χ0v) is 20.3. The van der Waals surface area contributed by atoms with E-state index in [1.807, 2.05) is 35.1 Å². The first-order valence-electron chi connectivity index (χ1n) is 9.87. The lowest BCUT2D eigenvalue weighted by atomic mass is 10.0. The van der Waals surface area contributed by atoms with Crippen molar-refractivity contribution in [1.82, 2.24) is 4.72 Å². The lowest BCUT2D eigenvalue weighted by molar-refractivity contribution is -0.118. The Labute approximate surface area is 198 Å². The molecule has 3 aromatic carbocycles. The minimum absolute atomic E-state index is 0.0624. The number of ether oxygens (including phenoxy) is 1. The quantitative estimate of drug-likeness (QED) is 0.489. The Bertz CT molecular complexity index is 1390. The molecular weight excluding hydrogens is 486 g/mol. The Morgan fingerprint density at radius 3 is 2.24 bits per heavy atom. The van der Waals surface area contributed by atoms with Crippen molar-refractivity contribution in [2.45, 2.75) is 18.2 Å². The molecule has 0 heterocycles. The summed E-state index contributed by atoms with van der Waals surface area (Å²) in [6.07, 6.45) is 0.898. The Morgan fingerprint density at radius 1 is 0.939 bits per heavy atom. The first-order valence-corrected chi connectivity index (χ1v) is 13.8. The Hall–Kier alpha value is -2.88. The van der Waals surface area contributed by atoms with E-state index >= 15 is 0 Å². The van der Waals surface area contributed by atoms with Crippen LogP contribution < -0.4 is 9.46 Å². The average Bonchev–Trinajstić information content (AvgIpc) is 2.74. The molecule has 0 aliphatic carbocycles. The largest absolute Gasteiger partial charge is 0.456 e. The molecule has 0 spiro atoms. The molecule has 1 N–H and O–H groups in total. The second-order valence-corrected chi connectivity index (χ2v) is 11.7. The first-order chi connectivity index (χ1) is 15.5. The number of benzene rings is 3. The highest BCUT2D eigenvalue weighted by atomic mass is 35.5. The van der Waals surface area contributed by atoms with Crippen LogP contribution in [0.25, 0.3) is 11.1 Å². The van der Waals surface area contributed by atoms with Gasteiger partial charge in [-0.05, 0) is 53.9 Å². The number of sulfonamides is 1. The molecule has 174 valence electrons. The zero-order valence-electron chi connectivity index (χ0n) is 17.9. The van der Waals surface area contributed by atoms with Crippen LogP contribution in [-0.4, -0.2) is 34.8 Å². The van der Waals surface area contributed by atoms with Crippen molar-refractivity contribution in [2.24, 2.45) is 0 Å². The molecule has 0 aromatic heterocycles. The number of carbonyl (C=O) groups excluding carboxylic acids is 1. The van der Waals surface area contributed by atoms with E-state index in [9.17, 15) is 21.6 Å². The van der Waals surface area contributed by atoms with Crippen molar-refractivity contribution in [2.75, 3.05) is 12.0 Å². The molecule has 0 radical (unpaired) electrons. The molecule has 0 saturated carbocycles. The van der Waals surface area contributed by atoms with Gasteiger partial charge in [-0.1, -0.05) is 48.0 Å². The van der Waals surface area contributed by atoms with Crippen molar-refractivity contribution in [3.63, 3.8) is 0 Å². The molecule has 3 aromatic rings. The monoisotopic (exact) mass is 507 g/mol. The topological polar surface area (TPSA) is 107 Å². The number of rotatable bonds is 8. The van der Waals surface area contributed by atoms with Crippen molar-refractivity contribution in [3.05, 3.63) is 77.3 Å². The van der Waals surface area contributed by atoms with Gasteiger partial charge >= 0.3 is 0 Å². The third-order valence-corrected chi connectivity index (χ3v) is 7.35. The lowest BCUT2D eigenvalue weighted by Gasteiger charge is -2.13. The summed E-state index contributed by atoms with van der Waals surface area (Å²) in [6.45, 7) is 1.44. The van der Waals surface area contributed by atoms with Crippen LogP contribution in [0.1, 0.15) is 12.5 Å². The highest BCUT2D eigenvalue weighted by Gasteiger charge is 2.15. The molecule has 7 nitrogen and oxygen atoms in total. The lowest BCUT2D eigenvalue weighted by Crippen LogP contribution is -2.32. The van der Waals surface area contributed by atoms with Crippen LogP contribution in [0.3, 0.4) is 0 Å². The number of carbonyl (C=O) groups is 1. The van der Waals surface area contributed by atoms with Crippen LogP contribution in [0.5, 0.6) is 11.5 Å². The van der Waals surface area contributed by atoms with Gasteiger partial charge in [0.25, 0.3) is 0 Å². The third kappa shape index (κ3) is 6.80.